The van der Waals surface area contributed by atoms with E-state index >= 15 is 0 Å². The van der Waals surface area contributed by atoms with E-state index in [0.29, 0.717) is 11.3 Å². The minimum Gasteiger partial charge on any atom is -0.329 e. The number of hydrogen-bond acceptors (Lipinski definition) is 2. The monoisotopic (exact) mass is 289 g/mol. The number of nitrogens with one attached hydrogen (secondary N) is 1. The molecule has 0 spiro atoms. The van der Waals surface area contributed by atoms with Gasteiger partial charge in [0.1, 0.15) is 0 Å². The van der Waals surface area contributed by atoms with E-state index in [9.17, 15) is 0 Å². The van der Waals surface area contributed by atoms with Crippen molar-refractivity contribution in [1.29, 1.82) is 0 Å². The number of halogens is 1. The van der Waals surface area contributed by atoms with E-state index in [1.807, 2.05) is 47.9 Å². The minimum atomic E-state index is 0.683. The van der Waals surface area contributed by atoms with Crippen LogP contribution < -0.4 is 0 Å². The molecule has 19 heavy (non-hydrogen) atoms. The van der Waals surface area contributed by atoms with E-state index in [2.05, 4.69) is 9.97 Å². The van der Waals surface area contributed by atoms with Crippen LogP contribution in [0.5, 0.6) is 0 Å². The predicted octanol–water partition coefficient (Wildman–Crippen LogP) is 4.10. The lowest BCUT2D eigenvalue weighted by Gasteiger charge is -2.04. The molecule has 5 heteroatoms. The molecule has 3 aromatic rings. The molecule has 1 aromatic carbocycles. The molecule has 3 nitrogen and oxygen atoms in total. The molecule has 96 valence electrons. The highest BCUT2D eigenvalue weighted by molar-refractivity contribution is 7.71. The van der Waals surface area contributed by atoms with Crippen LogP contribution in [0.15, 0.2) is 36.4 Å². The SMILES string of the molecule is Cc1ccc2[nH]c(=S)n(Cc3ccc(Cl)cc3)c2n1. The molecule has 3 rings (SSSR count). The average Bonchev–Trinajstić information content (AvgIpc) is 2.69. The summed E-state index contributed by atoms with van der Waals surface area (Å²) < 4.78 is 2.68. The second-order valence-electron chi connectivity index (χ2n) is 4.47. The van der Waals surface area contributed by atoms with Crippen molar-refractivity contribution in [3.05, 3.63) is 57.4 Å². The van der Waals surface area contributed by atoms with Crippen molar-refractivity contribution in [1.82, 2.24) is 14.5 Å². The molecule has 0 bridgehead atoms. The Kier molecular flexibility index (Phi) is 3.12. The van der Waals surface area contributed by atoms with Gasteiger partial charge >= 0.3 is 0 Å². The summed E-state index contributed by atoms with van der Waals surface area (Å²) in [4.78, 5) is 7.72. The number of aryl methyl sites for hydroxylation is 1. The smallest absolute Gasteiger partial charge is 0.179 e. The van der Waals surface area contributed by atoms with Gasteiger partial charge < -0.3 is 4.98 Å². The van der Waals surface area contributed by atoms with Crippen LogP contribution in [0.25, 0.3) is 11.2 Å². The fourth-order valence-electron chi connectivity index (χ4n) is 2.04. The lowest BCUT2D eigenvalue weighted by molar-refractivity contribution is 0.799. The maximum atomic E-state index is 5.89. The van der Waals surface area contributed by atoms with Crippen molar-refractivity contribution in [2.45, 2.75) is 13.5 Å². The van der Waals surface area contributed by atoms with Crippen LogP contribution in [0.1, 0.15) is 11.3 Å². The van der Waals surface area contributed by atoms with E-state index in [0.717, 1.165) is 27.4 Å². The number of hydrogen-bond donors (Lipinski definition) is 1. The second kappa shape index (κ2) is 4.79. The fourth-order valence-corrected chi connectivity index (χ4v) is 2.43. The van der Waals surface area contributed by atoms with Crippen LogP contribution in [0.4, 0.5) is 0 Å². The maximum Gasteiger partial charge on any atom is 0.179 e. The van der Waals surface area contributed by atoms with E-state index in [1.54, 1.807) is 0 Å². The number of aromatic amines is 1. The number of rotatable bonds is 2. The van der Waals surface area contributed by atoms with Crippen LogP contribution in [0.2, 0.25) is 5.02 Å². The molecule has 0 aliphatic rings. The molecule has 1 N–H and O–H groups in total. The van der Waals surface area contributed by atoms with E-state index in [4.69, 9.17) is 23.8 Å². The zero-order valence-corrected chi connectivity index (χ0v) is 11.9. The summed E-state index contributed by atoms with van der Waals surface area (Å²) in [6.07, 6.45) is 0. The van der Waals surface area contributed by atoms with Gasteiger partial charge in [-0.1, -0.05) is 23.7 Å². The lowest BCUT2D eigenvalue weighted by atomic mass is 10.2. The van der Waals surface area contributed by atoms with Crippen LogP contribution in [0, 0.1) is 11.7 Å². The largest absolute Gasteiger partial charge is 0.329 e. The standard InChI is InChI=1S/C14H12ClN3S/c1-9-2-7-12-13(16-9)18(14(19)17-12)8-10-3-5-11(15)6-4-10/h2-7H,8H2,1H3,(H,17,19). The Morgan fingerprint density at radius 3 is 2.68 bits per heavy atom. The van der Waals surface area contributed by atoms with Crippen LogP contribution in [0.3, 0.4) is 0 Å². The Morgan fingerprint density at radius 1 is 1.21 bits per heavy atom. The summed E-state index contributed by atoms with van der Waals surface area (Å²) in [6.45, 7) is 2.66. The lowest BCUT2D eigenvalue weighted by Crippen LogP contribution is -2.01. The molecular weight excluding hydrogens is 278 g/mol. The molecule has 0 saturated carbocycles. The number of nitrogens with zero attached hydrogens (tertiary/aromatic N) is 2. The molecule has 2 aromatic heterocycles. The van der Waals surface area contributed by atoms with Crippen molar-refractivity contribution in [2.75, 3.05) is 0 Å². The highest BCUT2D eigenvalue weighted by Crippen LogP contribution is 2.16. The molecule has 0 aliphatic heterocycles. The van der Waals surface area contributed by atoms with Gasteiger partial charge in [0.15, 0.2) is 10.4 Å². The van der Waals surface area contributed by atoms with Crippen molar-refractivity contribution < 1.29 is 0 Å². The molecule has 0 amide bonds. The highest BCUT2D eigenvalue weighted by atomic mass is 35.5. The third-order valence-corrected chi connectivity index (χ3v) is 3.59. The first-order valence-corrected chi connectivity index (χ1v) is 6.73. The molecule has 0 aliphatic carbocycles. The summed E-state index contributed by atoms with van der Waals surface area (Å²) in [5, 5.41) is 0.736. The third-order valence-electron chi connectivity index (χ3n) is 3.01. The van der Waals surface area contributed by atoms with Crippen molar-refractivity contribution in [2.24, 2.45) is 0 Å². The van der Waals surface area contributed by atoms with Gasteiger partial charge in [0.25, 0.3) is 0 Å². The Morgan fingerprint density at radius 2 is 1.95 bits per heavy atom. The molecule has 0 radical (unpaired) electrons. The van der Waals surface area contributed by atoms with Gasteiger partial charge in [-0.25, -0.2) is 4.98 Å². The number of pyridine rings is 1. The molecular formula is C14H12ClN3S. The maximum absolute atomic E-state index is 5.89. The summed E-state index contributed by atoms with van der Waals surface area (Å²) in [6, 6.07) is 11.7. The van der Waals surface area contributed by atoms with Crippen molar-refractivity contribution in [3.63, 3.8) is 0 Å². The van der Waals surface area contributed by atoms with E-state index in [-0.39, 0.29) is 0 Å². The summed E-state index contributed by atoms with van der Waals surface area (Å²) in [5.74, 6) is 0. The average molecular weight is 290 g/mol. The Bertz CT molecular complexity index is 787. The predicted molar refractivity (Wildman–Crippen MR) is 80.2 cm³/mol. The summed E-state index contributed by atoms with van der Waals surface area (Å²) in [7, 11) is 0. The first-order valence-electron chi connectivity index (χ1n) is 5.94. The van der Waals surface area contributed by atoms with Crippen molar-refractivity contribution in [3.8, 4) is 0 Å². The zero-order chi connectivity index (χ0) is 13.4. The normalized spacial score (nSPS) is 11.1. The molecule has 0 unspecified atom stereocenters. The van der Waals surface area contributed by atoms with Gasteiger partial charge in [0, 0.05) is 10.7 Å². The quantitative estimate of drug-likeness (QED) is 0.721. The molecule has 0 fully saturated rings. The highest BCUT2D eigenvalue weighted by Gasteiger charge is 2.06. The molecule has 0 atom stereocenters. The van der Waals surface area contributed by atoms with Gasteiger partial charge in [-0.3, -0.25) is 4.57 Å². The van der Waals surface area contributed by atoms with Gasteiger partial charge in [-0.2, -0.15) is 0 Å². The zero-order valence-electron chi connectivity index (χ0n) is 10.4. The van der Waals surface area contributed by atoms with Crippen LogP contribution in [-0.4, -0.2) is 14.5 Å². The molecule has 0 saturated heterocycles. The Hall–Kier alpha value is -1.65. The van der Waals surface area contributed by atoms with Crippen LogP contribution >= 0.6 is 23.8 Å². The first kappa shape index (κ1) is 12.4. The Labute approximate surface area is 120 Å². The van der Waals surface area contributed by atoms with Gasteiger partial charge in [0.2, 0.25) is 0 Å². The topological polar surface area (TPSA) is 33.6 Å². The molecule has 2 heterocycles. The summed E-state index contributed by atoms with van der Waals surface area (Å²) >= 11 is 11.3. The summed E-state index contributed by atoms with van der Waals surface area (Å²) in [5.41, 5.74) is 3.97. The van der Waals surface area contributed by atoms with Gasteiger partial charge in [0.05, 0.1) is 12.1 Å². The van der Waals surface area contributed by atoms with Gasteiger partial charge in [-0.15, -0.1) is 0 Å². The van der Waals surface area contributed by atoms with Gasteiger partial charge in [-0.05, 0) is 49.0 Å². The number of fused-ring (bicyclic) bond motifs is 1. The number of imidazole rings is 1. The number of H-pyrrole nitrogens is 1. The minimum absolute atomic E-state index is 0.683. The van der Waals surface area contributed by atoms with E-state index in [1.165, 1.54) is 0 Å². The van der Waals surface area contributed by atoms with Crippen molar-refractivity contribution >= 4 is 35.0 Å². The Balaban J connectivity index is 2.09. The van der Waals surface area contributed by atoms with E-state index < -0.39 is 0 Å². The fraction of sp³-hybridized carbons (Fsp3) is 0.143. The first-order chi connectivity index (χ1) is 9.13. The second-order valence-corrected chi connectivity index (χ2v) is 5.29. The van der Waals surface area contributed by atoms with Crippen LogP contribution in [-0.2, 0) is 6.54 Å². The number of aromatic nitrogens is 3. The number of benzene rings is 1. The third kappa shape index (κ3) is 2.41.